The number of halogens is 1. The van der Waals surface area contributed by atoms with E-state index in [1.165, 1.54) is 12.3 Å². The van der Waals surface area contributed by atoms with Crippen molar-refractivity contribution in [3.8, 4) is 0 Å². The van der Waals surface area contributed by atoms with Crippen LogP contribution in [0.25, 0.3) is 10.9 Å². The summed E-state index contributed by atoms with van der Waals surface area (Å²) in [4.78, 5) is 45.8. The number of aryl methyl sites for hydroxylation is 1. The fraction of sp³-hybridized carbons (Fsp3) is 0.417. The lowest BCUT2D eigenvalue weighted by molar-refractivity contribution is -0.384. The van der Waals surface area contributed by atoms with E-state index in [1.54, 1.807) is 22.1 Å². The number of carbonyl (C=O) groups is 2. The van der Waals surface area contributed by atoms with Gasteiger partial charge in [-0.05, 0) is 26.3 Å². The van der Waals surface area contributed by atoms with Crippen molar-refractivity contribution >= 4 is 50.0 Å². The fourth-order valence-electron chi connectivity index (χ4n) is 4.96. The summed E-state index contributed by atoms with van der Waals surface area (Å²) in [6.45, 7) is 5.72. The molecule has 0 bridgehead atoms. The van der Waals surface area contributed by atoms with Crippen LogP contribution in [0.2, 0.25) is 0 Å². The Morgan fingerprint density at radius 3 is 2.70 bits per heavy atom. The molecule has 2 N–H and O–H groups in total. The molecule has 37 heavy (non-hydrogen) atoms. The lowest BCUT2D eigenvalue weighted by Crippen LogP contribution is -2.44. The number of H-pyrrole nitrogens is 1. The van der Waals surface area contributed by atoms with E-state index in [4.69, 9.17) is 4.74 Å². The molecule has 0 aliphatic carbocycles. The normalized spacial score (nSPS) is 19.9. The standard InChI is InChI=1S/C24H26BrN7O5/c1-13-11-31(5-6-37-13)23(33)17-7-15(25)8-20(32(35)36)22(17)27-16-3-4-30(12-16)24(34)18-9-26-10-19-21(18)14(2)28-29-19/h7-10,13,16,27H,3-6,11-12H2,1-2H3,(H,28,29)/t13-,16?/m1/s1. The van der Waals surface area contributed by atoms with E-state index >= 15 is 0 Å². The Bertz CT molecular complexity index is 1390. The number of ether oxygens (including phenoxy) is 1. The van der Waals surface area contributed by atoms with E-state index in [9.17, 15) is 19.7 Å². The van der Waals surface area contributed by atoms with Crippen LogP contribution in [0.4, 0.5) is 11.4 Å². The first-order valence-electron chi connectivity index (χ1n) is 12.0. The van der Waals surface area contributed by atoms with Gasteiger partial charge < -0.3 is 19.9 Å². The highest BCUT2D eigenvalue weighted by Crippen LogP contribution is 2.35. The molecule has 2 atom stereocenters. The molecule has 12 nitrogen and oxygen atoms in total. The number of rotatable bonds is 5. The molecular weight excluding hydrogens is 546 g/mol. The summed E-state index contributed by atoms with van der Waals surface area (Å²) >= 11 is 3.31. The minimum absolute atomic E-state index is 0.122. The Morgan fingerprint density at radius 1 is 1.19 bits per heavy atom. The highest BCUT2D eigenvalue weighted by Gasteiger charge is 2.33. The van der Waals surface area contributed by atoms with E-state index in [-0.39, 0.29) is 40.9 Å². The second kappa shape index (κ2) is 10.1. The second-order valence-corrected chi connectivity index (χ2v) is 10.3. The van der Waals surface area contributed by atoms with Crippen LogP contribution in [0, 0.1) is 17.0 Å². The van der Waals surface area contributed by atoms with Crippen LogP contribution in [0.3, 0.4) is 0 Å². The Labute approximate surface area is 220 Å². The van der Waals surface area contributed by atoms with E-state index in [0.29, 0.717) is 54.8 Å². The van der Waals surface area contributed by atoms with Gasteiger partial charge in [0.15, 0.2) is 0 Å². The number of nitro groups is 1. The number of nitrogens with one attached hydrogen (secondary N) is 2. The van der Waals surface area contributed by atoms with Crippen LogP contribution in [0.15, 0.2) is 29.0 Å². The summed E-state index contributed by atoms with van der Waals surface area (Å²) in [7, 11) is 0. The number of benzene rings is 1. The molecule has 1 unspecified atom stereocenters. The summed E-state index contributed by atoms with van der Waals surface area (Å²) in [5.41, 5.74) is 2.01. The van der Waals surface area contributed by atoms with Crippen LogP contribution >= 0.6 is 15.9 Å². The number of pyridine rings is 1. The van der Waals surface area contributed by atoms with Crippen molar-refractivity contribution in [1.29, 1.82) is 0 Å². The van der Waals surface area contributed by atoms with Crippen molar-refractivity contribution in [2.75, 3.05) is 38.1 Å². The number of anilines is 1. The van der Waals surface area contributed by atoms with E-state index in [0.717, 1.165) is 11.1 Å². The number of carbonyl (C=O) groups excluding carboxylic acids is 2. The highest BCUT2D eigenvalue weighted by molar-refractivity contribution is 9.10. The van der Waals surface area contributed by atoms with Gasteiger partial charge in [0.25, 0.3) is 17.5 Å². The maximum atomic E-state index is 13.5. The van der Waals surface area contributed by atoms with Gasteiger partial charge in [-0.25, -0.2) is 0 Å². The number of hydrogen-bond acceptors (Lipinski definition) is 8. The van der Waals surface area contributed by atoms with Crippen LogP contribution < -0.4 is 5.32 Å². The molecule has 2 aliphatic heterocycles. The van der Waals surface area contributed by atoms with E-state index < -0.39 is 4.92 Å². The van der Waals surface area contributed by atoms with Crippen molar-refractivity contribution in [3.05, 3.63) is 55.9 Å². The number of hydrogen-bond donors (Lipinski definition) is 2. The Balaban J connectivity index is 1.40. The van der Waals surface area contributed by atoms with Gasteiger partial charge in [-0.15, -0.1) is 0 Å². The second-order valence-electron chi connectivity index (χ2n) is 9.35. The molecule has 2 fully saturated rings. The first kappa shape index (κ1) is 25.1. The smallest absolute Gasteiger partial charge is 0.294 e. The Morgan fingerprint density at radius 2 is 1.95 bits per heavy atom. The molecule has 0 spiro atoms. The number of nitro benzene ring substituents is 1. The van der Waals surface area contributed by atoms with Gasteiger partial charge in [0, 0.05) is 60.0 Å². The van der Waals surface area contributed by atoms with E-state index in [1.807, 2.05) is 13.8 Å². The fourth-order valence-corrected chi connectivity index (χ4v) is 5.40. The minimum atomic E-state index is -0.502. The molecule has 2 amide bonds. The first-order chi connectivity index (χ1) is 17.7. The summed E-state index contributed by atoms with van der Waals surface area (Å²) in [6, 6.07) is 2.70. The van der Waals surface area contributed by atoms with Gasteiger partial charge in [0.1, 0.15) is 11.2 Å². The average Bonchev–Trinajstić information content (AvgIpc) is 3.50. The lowest BCUT2D eigenvalue weighted by Gasteiger charge is -2.32. The van der Waals surface area contributed by atoms with Crippen LogP contribution in [-0.2, 0) is 4.74 Å². The molecule has 2 aliphatic rings. The Kier molecular flexibility index (Phi) is 6.82. The van der Waals surface area contributed by atoms with Gasteiger partial charge in [0.05, 0.1) is 35.0 Å². The number of likely N-dealkylation sites (tertiary alicyclic amines) is 1. The van der Waals surface area contributed by atoms with Crippen molar-refractivity contribution in [3.63, 3.8) is 0 Å². The van der Waals surface area contributed by atoms with Crippen LogP contribution in [-0.4, -0.2) is 86.7 Å². The van der Waals surface area contributed by atoms with Gasteiger partial charge >= 0.3 is 0 Å². The number of nitrogens with zero attached hydrogens (tertiary/aromatic N) is 5. The molecule has 2 saturated heterocycles. The van der Waals surface area contributed by atoms with Gasteiger partial charge in [-0.3, -0.25) is 29.8 Å². The first-order valence-corrected chi connectivity index (χ1v) is 12.8. The van der Waals surface area contributed by atoms with Gasteiger partial charge in [-0.1, -0.05) is 15.9 Å². The van der Waals surface area contributed by atoms with Gasteiger partial charge in [-0.2, -0.15) is 5.10 Å². The summed E-state index contributed by atoms with van der Waals surface area (Å²) in [6.07, 6.45) is 3.58. The zero-order valence-corrected chi connectivity index (χ0v) is 21.9. The maximum Gasteiger partial charge on any atom is 0.294 e. The lowest BCUT2D eigenvalue weighted by atomic mass is 10.1. The van der Waals surface area contributed by atoms with Crippen molar-refractivity contribution in [1.82, 2.24) is 25.0 Å². The van der Waals surface area contributed by atoms with E-state index in [2.05, 4.69) is 36.4 Å². The summed E-state index contributed by atoms with van der Waals surface area (Å²) in [5, 5.41) is 23.0. The number of aromatic amines is 1. The number of amides is 2. The molecule has 0 radical (unpaired) electrons. The molecule has 1 aromatic carbocycles. The molecule has 2 aromatic heterocycles. The van der Waals surface area contributed by atoms with Crippen LogP contribution in [0.5, 0.6) is 0 Å². The number of fused-ring (bicyclic) bond motifs is 1. The highest BCUT2D eigenvalue weighted by atomic mass is 79.9. The third kappa shape index (κ3) is 4.88. The summed E-state index contributed by atoms with van der Waals surface area (Å²) < 4.78 is 5.98. The van der Waals surface area contributed by atoms with Crippen molar-refractivity contribution in [2.24, 2.45) is 0 Å². The van der Waals surface area contributed by atoms with Gasteiger partial charge in [0.2, 0.25) is 0 Å². The number of morpholine rings is 1. The van der Waals surface area contributed by atoms with Crippen molar-refractivity contribution in [2.45, 2.75) is 32.4 Å². The topological polar surface area (TPSA) is 147 Å². The maximum absolute atomic E-state index is 13.5. The zero-order valence-electron chi connectivity index (χ0n) is 20.4. The molecular formula is C24H26BrN7O5. The molecule has 4 heterocycles. The third-order valence-corrected chi connectivity index (χ3v) is 7.19. The minimum Gasteiger partial charge on any atom is -0.375 e. The third-order valence-electron chi connectivity index (χ3n) is 6.74. The largest absolute Gasteiger partial charge is 0.375 e. The SMILES string of the molecule is Cc1[nH]nc2cncc(C(=O)N3CCC(Nc4c(C(=O)N5CCO[C@H](C)C5)cc(Br)cc4[N+](=O)[O-])C3)c12. The Hall–Kier alpha value is -3.58. The predicted octanol–water partition coefficient (Wildman–Crippen LogP) is 3.12. The number of aromatic nitrogens is 3. The summed E-state index contributed by atoms with van der Waals surface area (Å²) in [5.74, 6) is -0.489. The molecule has 3 aromatic rings. The molecule has 194 valence electrons. The molecule has 5 rings (SSSR count). The molecule has 0 saturated carbocycles. The monoisotopic (exact) mass is 571 g/mol. The average molecular weight is 572 g/mol. The zero-order chi connectivity index (χ0) is 26.3. The molecule has 13 heteroatoms. The quantitative estimate of drug-likeness (QED) is 0.350. The predicted molar refractivity (Wildman–Crippen MR) is 139 cm³/mol. The van der Waals surface area contributed by atoms with Crippen molar-refractivity contribution < 1.29 is 19.2 Å². The van der Waals surface area contributed by atoms with Crippen LogP contribution in [0.1, 0.15) is 39.8 Å².